The van der Waals surface area contributed by atoms with Crippen LogP contribution >= 0.6 is 0 Å². The number of aromatic amines is 1. The lowest BCUT2D eigenvalue weighted by atomic mass is 10.1. The first kappa shape index (κ1) is 15.5. The Kier molecular flexibility index (Phi) is 4.31. The van der Waals surface area contributed by atoms with Crippen molar-refractivity contribution in [1.82, 2.24) is 14.9 Å². The molecule has 21 heavy (non-hydrogen) atoms. The van der Waals surface area contributed by atoms with Crippen molar-refractivity contribution in [2.75, 3.05) is 5.43 Å². The van der Waals surface area contributed by atoms with Crippen molar-refractivity contribution >= 4 is 15.7 Å². The minimum atomic E-state index is -3.60. The number of aryl methyl sites for hydroxylation is 3. The summed E-state index contributed by atoms with van der Waals surface area (Å²) in [5, 5.41) is 6.65. The summed E-state index contributed by atoms with van der Waals surface area (Å²) in [5.41, 5.74) is 6.13. The van der Waals surface area contributed by atoms with E-state index in [-0.39, 0.29) is 11.4 Å². The number of aromatic nitrogens is 2. The molecule has 0 unspecified atom stereocenters. The summed E-state index contributed by atoms with van der Waals surface area (Å²) in [7, 11) is -3.60. The number of rotatable bonds is 5. The highest BCUT2D eigenvalue weighted by molar-refractivity contribution is 7.89. The largest absolute Gasteiger partial charge is 0.324 e. The maximum Gasteiger partial charge on any atom is 0.241 e. The molecule has 0 aliphatic rings. The Balaban J connectivity index is 2.30. The van der Waals surface area contributed by atoms with Crippen LogP contribution in [-0.4, -0.2) is 18.6 Å². The molecule has 0 aliphatic carbocycles. The van der Waals surface area contributed by atoms with Crippen LogP contribution in [0.25, 0.3) is 0 Å². The van der Waals surface area contributed by atoms with Gasteiger partial charge in [-0.3, -0.25) is 10.9 Å². The fraction of sp³-hybridized carbons (Fsp3) is 0.308. The summed E-state index contributed by atoms with van der Waals surface area (Å²) < 4.78 is 27.6. The standard InChI is InChI=1S/C13H19N5O2S/c1-8-4-12(17-14)5-9(2)13(8)21(19,20)16-7-11-6-15-18-10(11)3/h4-6,16-17H,7,14H2,1-3H3,(H,15,18). The Hall–Kier alpha value is -1.90. The molecule has 2 aromatic rings. The predicted molar refractivity (Wildman–Crippen MR) is 81.1 cm³/mol. The lowest BCUT2D eigenvalue weighted by Crippen LogP contribution is -2.25. The number of benzene rings is 1. The fourth-order valence-electron chi connectivity index (χ4n) is 2.26. The van der Waals surface area contributed by atoms with Crippen LogP contribution in [0.5, 0.6) is 0 Å². The summed E-state index contributed by atoms with van der Waals surface area (Å²) in [6.45, 7) is 5.52. The molecule has 1 aromatic heterocycles. The predicted octanol–water partition coefficient (Wildman–Crippen LogP) is 1.10. The van der Waals surface area contributed by atoms with E-state index in [1.54, 1.807) is 32.2 Å². The zero-order chi connectivity index (χ0) is 15.6. The molecule has 0 aliphatic heterocycles. The lowest BCUT2D eigenvalue weighted by molar-refractivity contribution is 0.580. The van der Waals surface area contributed by atoms with Gasteiger partial charge in [-0.05, 0) is 44.0 Å². The van der Waals surface area contributed by atoms with E-state index in [0.29, 0.717) is 16.8 Å². The van der Waals surface area contributed by atoms with Gasteiger partial charge in [0, 0.05) is 23.5 Å². The average molecular weight is 309 g/mol. The van der Waals surface area contributed by atoms with Crippen molar-refractivity contribution in [3.63, 3.8) is 0 Å². The van der Waals surface area contributed by atoms with Crippen molar-refractivity contribution < 1.29 is 8.42 Å². The van der Waals surface area contributed by atoms with E-state index in [9.17, 15) is 8.42 Å². The van der Waals surface area contributed by atoms with Gasteiger partial charge in [0.1, 0.15) is 0 Å². The highest BCUT2D eigenvalue weighted by Crippen LogP contribution is 2.24. The average Bonchev–Trinajstić information content (AvgIpc) is 2.80. The number of hydrogen-bond acceptors (Lipinski definition) is 5. The second-order valence-corrected chi connectivity index (χ2v) is 6.63. The Bertz CT molecular complexity index is 729. The Morgan fingerprint density at radius 2 is 1.86 bits per heavy atom. The molecule has 1 aromatic carbocycles. The molecule has 0 fully saturated rings. The first-order chi connectivity index (χ1) is 9.85. The van der Waals surface area contributed by atoms with Crippen molar-refractivity contribution in [2.24, 2.45) is 5.84 Å². The fourth-order valence-corrected chi connectivity index (χ4v) is 3.71. The van der Waals surface area contributed by atoms with Crippen LogP contribution in [0.15, 0.2) is 23.2 Å². The van der Waals surface area contributed by atoms with Crippen LogP contribution < -0.4 is 16.0 Å². The van der Waals surface area contributed by atoms with Gasteiger partial charge in [0.05, 0.1) is 11.1 Å². The monoisotopic (exact) mass is 309 g/mol. The van der Waals surface area contributed by atoms with Gasteiger partial charge in [-0.2, -0.15) is 5.10 Å². The molecule has 0 spiro atoms. The third-order valence-electron chi connectivity index (χ3n) is 3.28. The van der Waals surface area contributed by atoms with Gasteiger partial charge in [0.15, 0.2) is 0 Å². The van der Waals surface area contributed by atoms with Crippen LogP contribution in [0.4, 0.5) is 5.69 Å². The molecule has 0 amide bonds. The normalized spacial score (nSPS) is 11.6. The van der Waals surface area contributed by atoms with Gasteiger partial charge in [0.25, 0.3) is 0 Å². The van der Waals surface area contributed by atoms with Gasteiger partial charge in [-0.1, -0.05) is 0 Å². The second-order valence-electron chi connectivity index (χ2n) is 4.93. The van der Waals surface area contributed by atoms with Crippen molar-refractivity contribution in [3.8, 4) is 0 Å². The minimum Gasteiger partial charge on any atom is -0.324 e. The van der Waals surface area contributed by atoms with E-state index in [2.05, 4.69) is 20.3 Å². The maximum atomic E-state index is 12.5. The van der Waals surface area contributed by atoms with Crippen molar-refractivity contribution in [2.45, 2.75) is 32.2 Å². The minimum absolute atomic E-state index is 0.195. The number of sulfonamides is 1. The first-order valence-corrected chi connectivity index (χ1v) is 7.90. The summed E-state index contributed by atoms with van der Waals surface area (Å²) in [6, 6.07) is 3.40. The smallest absolute Gasteiger partial charge is 0.241 e. The molecule has 114 valence electrons. The molecule has 0 bridgehead atoms. The zero-order valence-electron chi connectivity index (χ0n) is 12.2. The Morgan fingerprint density at radius 3 is 2.33 bits per heavy atom. The highest BCUT2D eigenvalue weighted by Gasteiger charge is 2.20. The van der Waals surface area contributed by atoms with Crippen molar-refractivity contribution in [1.29, 1.82) is 0 Å². The van der Waals surface area contributed by atoms with Crippen LogP contribution in [0.2, 0.25) is 0 Å². The molecule has 0 atom stereocenters. The molecule has 0 radical (unpaired) electrons. The molecule has 0 saturated carbocycles. The summed E-state index contributed by atoms with van der Waals surface area (Å²) in [4.78, 5) is 0.280. The van der Waals surface area contributed by atoms with E-state index in [1.165, 1.54) is 0 Å². The highest BCUT2D eigenvalue weighted by atomic mass is 32.2. The quantitative estimate of drug-likeness (QED) is 0.488. The maximum absolute atomic E-state index is 12.5. The van der Waals surface area contributed by atoms with E-state index in [0.717, 1.165) is 11.3 Å². The van der Waals surface area contributed by atoms with E-state index in [1.807, 2.05) is 6.92 Å². The molecular weight excluding hydrogens is 290 g/mol. The first-order valence-electron chi connectivity index (χ1n) is 6.41. The SMILES string of the molecule is Cc1cc(NN)cc(C)c1S(=O)(=O)NCc1cn[nH]c1C. The molecule has 5 N–H and O–H groups in total. The molecule has 7 nitrogen and oxygen atoms in total. The third kappa shape index (κ3) is 3.23. The van der Waals surface area contributed by atoms with E-state index >= 15 is 0 Å². The lowest BCUT2D eigenvalue weighted by Gasteiger charge is -2.13. The number of hydrazine groups is 1. The molecule has 8 heteroatoms. The van der Waals surface area contributed by atoms with Crippen LogP contribution in [0.1, 0.15) is 22.4 Å². The van der Waals surface area contributed by atoms with E-state index < -0.39 is 10.0 Å². The summed E-state index contributed by atoms with van der Waals surface area (Å²) in [5.74, 6) is 5.36. The van der Waals surface area contributed by atoms with Gasteiger partial charge in [-0.25, -0.2) is 13.1 Å². The van der Waals surface area contributed by atoms with Crippen molar-refractivity contribution in [3.05, 3.63) is 40.7 Å². The topological polar surface area (TPSA) is 113 Å². The molecular formula is C13H19N5O2S. The Morgan fingerprint density at radius 1 is 1.24 bits per heavy atom. The van der Waals surface area contributed by atoms with Gasteiger partial charge >= 0.3 is 0 Å². The molecule has 1 heterocycles. The molecule has 0 saturated heterocycles. The number of nitrogens with zero attached hydrogens (tertiary/aromatic N) is 1. The molecule has 2 rings (SSSR count). The van der Waals surface area contributed by atoms with Gasteiger partial charge in [-0.15, -0.1) is 0 Å². The Labute approximate surface area is 124 Å². The van der Waals surface area contributed by atoms with E-state index in [4.69, 9.17) is 5.84 Å². The zero-order valence-corrected chi connectivity index (χ0v) is 13.0. The van der Waals surface area contributed by atoms with Crippen LogP contribution in [-0.2, 0) is 16.6 Å². The summed E-state index contributed by atoms with van der Waals surface area (Å²) >= 11 is 0. The van der Waals surface area contributed by atoms with Gasteiger partial charge in [0.2, 0.25) is 10.0 Å². The number of anilines is 1. The van der Waals surface area contributed by atoms with Crippen LogP contribution in [0.3, 0.4) is 0 Å². The van der Waals surface area contributed by atoms with Crippen LogP contribution in [0, 0.1) is 20.8 Å². The van der Waals surface area contributed by atoms with Gasteiger partial charge < -0.3 is 5.43 Å². The summed E-state index contributed by atoms with van der Waals surface area (Å²) in [6.07, 6.45) is 1.61. The number of nitrogens with two attached hydrogens (primary N) is 1. The third-order valence-corrected chi connectivity index (χ3v) is 4.99. The number of nitrogens with one attached hydrogen (secondary N) is 3. The number of nitrogen functional groups attached to an aromatic ring is 1. The second kappa shape index (κ2) is 5.84. The number of hydrogen-bond donors (Lipinski definition) is 4. The number of H-pyrrole nitrogens is 1.